The molecule has 0 saturated heterocycles. The Labute approximate surface area is 76.7 Å². The molecular formula is C5H3BrCl2N2. The van der Waals surface area contributed by atoms with Crippen LogP contribution in [0.3, 0.4) is 0 Å². The molecule has 10 heavy (non-hydrogen) atoms. The summed E-state index contributed by atoms with van der Waals surface area (Å²) in [6, 6.07) is 0. The standard InChI is InChI=1S/C5H3BrCl2N2/c6-5-9-2-3(1-7)4(8)10-5/h2H,1H2. The molecule has 0 aliphatic carbocycles. The van der Waals surface area contributed by atoms with E-state index < -0.39 is 0 Å². The molecule has 1 heterocycles. The minimum atomic E-state index is 0.339. The zero-order chi connectivity index (χ0) is 7.56. The first-order valence-electron chi connectivity index (χ1n) is 2.47. The summed E-state index contributed by atoms with van der Waals surface area (Å²) in [7, 11) is 0. The van der Waals surface area contributed by atoms with Crippen LogP contribution in [0.1, 0.15) is 5.56 Å². The van der Waals surface area contributed by atoms with E-state index >= 15 is 0 Å². The van der Waals surface area contributed by atoms with Gasteiger partial charge in [0, 0.05) is 11.8 Å². The maximum atomic E-state index is 5.66. The van der Waals surface area contributed by atoms with Crippen LogP contribution in [-0.2, 0) is 5.88 Å². The smallest absolute Gasteiger partial charge is 0.197 e. The first kappa shape index (κ1) is 8.24. The van der Waals surface area contributed by atoms with Gasteiger partial charge in [-0.2, -0.15) is 0 Å². The van der Waals surface area contributed by atoms with Crippen molar-refractivity contribution in [1.82, 2.24) is 9.97 Å². The zero-order valence-electron chi connectivity index (χ0n) is 4.81. The summed E-state index contributed by atoms with van der Waals surface area (Å²) in [5.41, 5.74) is 0.742. The molecular weight excluding hydrogens is 239 g/mol. The molecule has 0 unspecified atom stereocenters. The molecule has 0 atom stereocenters. The molecule has 0 aliphatic heterocycles. The van der Waals surface area contributed by atoms with E-state index in [0.29, 0.717) is 15.8 Å². The van der Waals surface area contributed by atoms with Crippen molar-refractivity contribution in [3.8, 4) is 0 Å². The molecule has 0 amide bonds. The Morgan fingerprint density at radius 2 is 2.30 bits per heavy atom. The number of rotatable bonds is 1. The quantitative estimate of drug-likeness (QED) is 0.429. The third-order valence-electron chi connectivity index (χ3n) is 0.926. The van der Waals surface area contributed by atoms with Gasteiger partial charge in [-0.3, -0.25) is 0 Å². The van der Waals surface area contributed by atoms with Gasteiger partial charge in [0.15, 0.2) is 4.73 Å². The summed E-state index contributed by atoms with van der Waals surface area (Å²) in [5, 5.41) is 0.400. The highest BCUT2D eigenvalue weighted by Crippen LogP contribution is 2.15. The van der Waals surface area contributed by atoms with Crippen molar-refractivity contribution in [3.63, 3.8) is 0 Å². The molecule has 0 N–H and O–H groups in total. The predicted octanol–water partition coefficient (Wildman–Crippen LogP) is 2.63. The summed E-state index contributed by atoms with van der Waals surface area (Å²) in [6.07, 6.45) is 1.59. The summed E-state index contributed by atoms with van der Waals surface area (Å²) >= 11 is 14.2. The zero-order valence-corrected chi connectivity index (χ0v) is 7.91. The molecule has 0 fully saturated rings. The maximum Gasteiger partial charge on any atom is 0.197 e. The van der Waals surface area contributed by atoms with Crippen molar-refractivity contribution < 1.29 is 0 Å². The van der Waals surface area contributed by atoms with Gasteiger partial charge >= 0.3 is 0 Å². The molecule has 0 bridgehead atoms. The fraction of sp³-hybridized carbons (Fsp3) is 0.200. The van der Waals surface area contributed by atoms with E-state index in [-0.39, 0.29) is 0 Å². The predicted molar refractivity (Wildman–Crippen MR) is 44.3 cm³/mol. The Morgan fingerprint density at radius 1 is 1.60 bits per heavy atom. The molecule has 5 heteroatoms. The molecule has 54 valence electrons. The van der Waals surface area contributed by atoms with Crippen LogP contribution in [0.25, 0.3) is 0 Å². The van der Waals surface area contributed by atoms with E-state index in [1.807, 2.05) is 0 Å². The third kappa shape index (κ3) is 1.81. The fourth-order valence-electron chi connectivity index (χ4n) is 0.456. The highest BCUT2D eigenvalue weighted by molar-refractivity contribution is 9.10. The van der Waals surface area contributed by atoms with Crippen LogP contribution in [-0.4, -0.2) is 9.97 Å². The molecule has 1 aromatic heterocycles. The van der Waals surface area contributed by atoms with Crippen molar-refractivity contribution in [2.24, 2.45) is 0 Å². The Balaban J connectivity index is 3.07. The molecule has 1 aromatic rings. The Hall–Kier alpha value is 0.140. The lowest BCUT2D eigenvalue weighted by Crippen LogP contribution is -1.88. The monoisotopic (exact) mass is 240 g/mol. The molecule has 1 rings (SSSR count). The average molecular weight is 242 g/mol. The van der Waals surface area contributed by atoms with Gasteiger partial charge in [-0.1, -0.05) is 11.6 Å². The van der Waals surface area contributed by atoms with Crippen molar-refractivity contribution in [3.05, 3.63) is 21.6 Å². The minimum absolute atomic E-state index is 0.339. The fourth-order valence-corrected chi connectivity index (χ4v) is 1.30. The second-order valence-corrected chi connectivity index (χ2v) is 2.92. The van der Waals surface area contributed by atoms with E-state index in [1.165, 1.54) is 0 Å². The lowest BCUT2D eigenvalue weighted by atomic mass is 10.4. The Bertz CT molecular complexity index is 241. The molecule has 2 nitrogen and oxygen atoms in total. The Kier molecular flexibility index (Phi) is 2.89. The van der Waals surface area contributed by atoms with E-state index in [4.69, 9.17) is 23.2 Å². The van der Waals surface area contributed by atoms with E-state index in [9.17, 15) is 0 Å². The highest BCUT2D eigenvalue weighted by Gasteiger charge is 2.00. The average Bonchev–Trinajstić information content (AvgIpc) is 1.88. The van der Waals surface area contributed by atoms with Crippen LogP contribution in [0, 0.1) is 0 Å². The van der Waals surface area contributed by atoms with Crippen LogP contribution in [0.4, 0.5) is 0 Å². The van der Waals surface area contributed by atoms with E-state index in [1.54, 1.807) is 6.20 Å². The van der Waals surface area contributed by atoms with Crippen molar-refractivity contribution in [1.29, 1.82) is 0 Å². The summed E-state index contributed by atoms with van der Waals surface area (Å²) in [4.78, 5) is 7.68. The molecule has 0 aliphatic rings. The van der Waals surface area contributed by atoms with E-state index in [2.05, 4.69) is 25.9 Å². The van der Waals surface area contributed by atoms with Crippen LogP contribution in [0.2, 0.25) is 5.15 Å². The van der Waals surface area contributed by atoms with Gasteiger partial charge in [-0.25, -0.2) is 9.97 Å². The minimum Gasteiger partial charge on any atom is -0.230 e. The number of halogens is 3. The van der Waals surface area contributed by atoms with Gasteiger partial charge in [-0.15, -0.1) is 11.6 Å². The molecule has 0 radical (unpaired) electrons. The first-order chi connectivity index (χ1) is 4.74. The molecule has 0 saturated carbocycles. The van der Waals surface area contributed by atoms with Gasteiger partial charge < -0.3 is 0 Å². The maximum absolute atomic E-state index is 5.66. The summed E-state index contributed by atoms with van der Waals surface area (Å²) < 4.78 is 0.478. The second-order valence-electron chi connectivity index (χ2n) is 1.59. The highest BCUT2D eigenvalue weighted by atomic mass is 79.9. The van der Waals surface area contributed by atoms with Gasteiger partial charge in [0.05, 0.1) is 5.88 Å². The van der Waals surface area contributed by atoms with Crippen molar-refractivity contribution in [2.75, 3.05) is 0 Å². The van der Waals surface area contributed by atoms with Crippen LogP contribution in [0.15, 0.2) is 10.9 Å². The van der Waals surface area contributed by atoms with Gasteiger partial charge in [0.1, 0.15) is 5.15 Å². The largest absolute Gasteiger partial charge is 0.230 e. The first-order valence-corrected chi connectivity index (χ1v) is 4.17. The van der Waals surface area contributed by atoms with Crippen molar-refractivity contribution in [2.45, 2.75) is 5.88 Å². The van der Waals surface area contributed by atoms with Crippen LogP contribution in [0.5, 0.6) is 0 Å². The Morgan fingerprint density at radius 3 is 2.80 bits per heavy atom. The second kappa shape index (κ2) is 3.51. The summed E-state index contributed by atoms with van der Waals surface area (Å²) in [6.45, 7) is 0. The normalized spacial score (nSPS) is 9.90. The number of alkyl halides is 1. The molecule has 0 spiro atoms. The van der Waals surface area contributed by atoms with E-state index in [0.717, 1.165) is 5.56 Å². The van der Waals surface area contributed by atoms with Gasteiger partial charge in [0.25, 0.3) is 0 Å². The summed E-state index contributed by atoms with van der Waals surface area (Å²) in [5.74, 6) is 0.339. The lowest BCUT2D eigenvalue weighted by Gasteiger charge is -1.96. The third-order valence-corrected chi connectivity index (χ3v) is 1.92. The number of nitrogens with zero attached hydrogens (tertiary/aromatic N) is 2. The van der Waals surface area contributed by atoms with Crippen LogP contribution >= 0.6 is 39.1 Å². The SMILES string of the molecule is ClCc1cnc(Br)nc1Cl. The molecule has 0 aromatic carbocycles. The van der Waals surface area contributed by atoms with Gasteiger partial charge in [0.2, 0.25) is 0 Å². The van der Waals surface area contributed by atoms with Crippen LogP contribution < -0.4 is 0 Å². The number of aromatic nitrogens is 2. The van der Waals surface area contributed by atoms with Gasteiger partial charge in [-0.05, 0) is 15.9 Å². The topological polar surface area (TPSA) is 25.8 Å². The van der Waals surface area contributed by atoms with Crippen molar-refractivity contribution >= 4 is 39.1 Å². The lowest BCUT2D eigenvalue weighted by molar-refractivity contribution is 1.07. The number of hydrogen-bond acceptors (Lipinski definition) is 2. The number of hydrogen-bond donors (Lipinski definition) is 0.